The summed E-state index contributed by atoms with van der Waals surface area (Å²) in [5.74, 6) is 0.638. The Labute approximate surface area is 100 Å². The topological polar surface area (TPSA) is 36.4 Å². The lowest BCUT2D eigenvalue weighted by Crippen LogP contribution is -2.39. The first-order valence-electron chi connectivity index (χ1n) is 6.05. The SMILES string of the molecule is CN1C2CCC1CC(c1ncc(CO)s1)C2. The lowest BCUT2D eigenvalue weighted by Gasteiger charge is -2.35. The Bertz CT molecular complexity index is 365. The van der Waals surface area contributed by atoms with Crippen molar-refractivity contribution in [2.75, 3.05) is 7.05 Å². The van der Waals surface area contributed by atoms with E-state index in [0.29, 0.717) is 5.92 Å². The maximum Gasteiger partial charge on any atom is 0.0960 e. The quantitative estimate of drug-likeness (QED) is 0.856. The predicted octanol–water partition coefficient (Wildman–Crippen LogP) is 1.98. The van der Waals surface area contributed by atoms with Gasteiger partial charge >= 0.3 is 0 Å². The van der Waals surface area contributed by atoms with Crippen LogP contribution in [-0.4, -0.2) is 34.1 Å². The van der Waals surface area contributed by atoms with Crippen LogP contribution in [-0.2, 0) is 6.61 Å². The van der Waals surface area contributed by atoms with Crippen molar-refractivity contribution in [1.29, 1.82) is 0 Å². The molecule has 2 unspecified atom stereocenters. The molecule has 1 N–H and O–H groups in total. The van der Waals surface area contributed by atoms with Gasteiger partial charge in [0.25, 0.3) is 0 Å². The Balaban J connectivity index is 1.77. The molecule has 3 nitrogen and oxygen atoms in total. The summed E-state index contributed by atoms with van der Waals surface area (Å²) in [7, 11) is 2.26. The average molecular weight is 238 g/mol. The lowest BCUT2D eigenvalue weighted by molar-refractivity contribution is 0.161. The van der Waals surface area contributed by atoms with Crippen molar-refractivity contribution in [2.24, 2.45) is 0 Å². The highest BCUT2D eigenvalue weighted by Crippen LogP contribution is 2.42. The second-order valence-electron chi connectivity index (χ2n) is 5.04. The summed E-state index contributed by atoms with van der Waals surface area (Å²) in [5, 5.41) is 10.3. The normalized spacial score (nSPS) is 34.5. The van der Waals surface area contributed by atoms with Crippen LogP contribution in [0.1, 0.15) is 41.5 Å². The number of rotatable bonds is 2. The largest absolute Gasteiger partial charge is 0.391 e. The van der Waals surface area contributed by atoms with Crippen LogP contribution < -0.4 is 0 Å². The minimum Gasteiger partial charge on any atom is -0.391 e. The summed E-state index contributed by atoms with van der Waals surface area (Å²) < 4.78 is 0. The van der Waals surface area contributed by atoms with Gasteiger partial charge in [-0.2, -0.15) is 0 Å². The molecule has 0 saturated carbocycles. The van der Waals surface area contributed by atoms with Crippen molar-refractivity contribution >= 4 is 11.3 Å². The summed E-state index contributed by atoms with van der Waals surface area (Å²) in [4.78, 5) is 8.03. The molecule has 3 rings (SSSR count). The molecule has 1 aromatic heterocycles. The van der Waals surface area contributed by atoms with Crippen molar-refractivity contribution < 1.29 is 5.11 Å². The maximum absolute atomic E-state index is 9.07. The van der Waals surface area contributed by atoms with E-state index < -0.39 is 0 Å². The fourth-order valence-corrected chi connectivity index (χ4v) is 4.10. The van der Waals surface area contributed by atoms with E-state index in [9.17, 15) is 0 Å². The van der Waals surface area contributed by atoms with Crippen LogP contribution in [0, 0.1) is 0 Å². The summed E-state index contributed by atoms with van der Waals surface area (Å²) in [6.45, 7) is 0.136. The molecule has 3 heterocycles. The smallest absolute Gasteiger partial charge is 0.0960 e. The Morgan fingerprint density at radius 3 is 2.69 bits per heavy atom. The molecule has 16 heavy (non-hydrogen) atoms. The number of piperidine rings is 1. The number of hydrogen-bond donors (Lipinski definition) is 1. The van der Waals surface area contributed by atoms with Crippen molar-refractivity contribution in [3.05, 3.63) is 16.1 Å². The zero-order chi connectivity index (χ0) is 11.1. The van der Waals surface area contributed by atoms with Gasteiger partial charge in [-0.25, -0.2) is 4.98 Å². The fourth-order valence-electron chi connectivity index (χ4n) is 3.20. The third-order valence-corrected chi connectivity index (χ3v) is 5.32. The molecule has 2 aliphatic rings. The van der Waals surface area contributed by atoms with Gasteiger partial charge in [0.2, 0.25) is 0 Å². The van der Waals surface area contributed by atoms with Gasteiger partial charge in [-0.15, -0.1) is 11.3 Å². The molecular weight excluding hydrogens is 220 g/mol. The van der Waals surface area contributed by atoms with E-state index in [4.69, 9.17) is 5.11 Å². The molecule has 2 atom stereocenters. The molecule has 0 radical (unpaired) electrons. The first kappa shape index (κ1) is 10.7. The Morgan fingerprint density at radius 2 is 2.12 bits per heavy atom. The minimum absolute atomic E-state index is 0.136. The summed E-state index contributed by atoms with van der Waals surface area (Å²) >= 11 is 1.69. The van der Waals surface area contributed by atoms with E-state index in [2.05, 4.69) is 16.9 Å². The van der Waals surface area contributed by atoms with Crippen molar-refractivity contribution in [3.63, 3.8) is 0 Å². The molecule has 2 bridgehead atoms. The third-order valence-electron chi connectivity index (χ3n) is 4.17. The van der Waals surface area contributed by atoms with Crippen molar-refractivity contribution in [1.82, 2.24) is 9.88 Å². The van der Waals surface area contributed by atoms with Crippen LogP contribution >= 0.6 is 11.3 Å². The van der Waals surface area contributed by atoms with E-state index in [1.54, 1.807) is 11.3 Å². The Kier molecular flexibility index (Phi) is 2.73. The van der Waals surface area contributed by atoms with Crippen LogP contribution in [0.5, 0.6) is 0 Å². The highest BCUT2D eigenvalue weighted by atomic mass is 32.1. The van der Waals surface area contributed by atoms with Gasteiger partial charge < -0.3 is 10.0 Å². The Hall–Kier alpha value is -0.450. The Morgan fingerprint density at radius 1 is 1.44 bits per heavy atom. The maximum atomic E-state index is 9.07. The second kappa shape index (κ2) is 4.09. The predicted molar refractivity (Wildman–Crippen MR) is 64.6 cm³/mol. The zero-order valence-corrected chi connectivity index (χ0v) is 10.4. The monoisotopic (exact) mass is 238 g/mol. The molecule has 0 aliphatic carbocycles. The van der Waals surface area contributed by atoms with Gasteiger partial charge in [0.05, 0.1) is 16.5 Å². The first-order valence-corrected chi connectivity index (χ1v) is 6.87. The number of thiazole rings is 1. The molecule has 2 saturated heterocycles. The average Bonchev–Trinajstić information content (AvgIpc) is 2.82. The lowest BCUT2D eigenvalue weighted by atomic mass is 9.92. The minimum atomic E-state index is 0.136. The number of aliphatic hydroxyl groups excluding tert-OH is 1. The van der Waals surface area contributed by atoms with Gasteiger partial charge in [-0.3, -0.25) is 0 Å². The molecule has 0 amide bonds. The number of hydrogen-bond acceptors (Lipinski definition) is 4. The number of nitrogens with zero attached hydrogens (tertiary/aromatic N) is 2. The van der Waals surface area contributed by atoms with Gasteiger partial charge in [0, 0.05) is 24.2 Å². The molecule has 2 aliphatic heterocycles. The second-order valence-corrected chi connectivity index (χ2v) is 6.19. The summed E-state index contributed by atoms with van der Waals surface area (Å²) in [6, 6.07) is 1.54. The van der Waals surface area contributed by atoms with E-state index >= 15 is 0 Å². The van der Waals surface area contributed by atoms with Gasteiger partial charge in [0.15, 0.2) is 0 Å². The fraction of sp³-hybridized carbons (Fsp3) is 0.750. The van der Waals surface area contributed by atoms with E-state index in [0.717, 1.165) is 17.0 Å². The summed E-state index contributed by atoms with van der Waals surface area (Å²) in [5.41, 5.74) is 0. The van der Waals surface area contributed by atoms with Crippen LogP contribution in [0.15, 0.2) is 6.20 Å². The molecular formula is C12H18N2OS. The van der Waals surface area contributed by atoms with Crippen LogP contribution in [0.25, 0.3) is 0 Å². The molecule has 4 heteroatoms. The summed E-state index contributed by atoms with van der Waals surface area (Å²) in [6.07, 6.45) is 7.06. The zero-order valence-electron chi connectivity index (χ0n) is 9.59. The number of aliphatic hydroxyl groups is 1. The van der Waals surface area contributed by atoms with Gasteiger partial charge in [0.1, 0.15) is 0 Å². The van der Waals surface area contributed by atoms with Gasteiger partial charge in [-0.05, 0) is 32.7 Å². The molecule has 88 valence electrons. The molecule has 0 aromatic carbocycles. The van der Waals surface area contributed by atoms with Crippen molar-refractivity contribution in [2.45, 2.75) is 50.3 Å². The first-order chi connectivity index (χ1) is 7.78. The molecule has 2 fully saturated rings. The van der Waals surface area contributed by atoms with E-state index in [1.807, 2.05) is 6.20 Å². The highest BCUT2D eigenvalue weighted by Gasteiger charge is 2.39. The van der Waals surface area contributed by atoms with Crippen molar-refractivity contribution in [3.8, 4) is 0 Å². The van der Waals surface area contributed by atoms with Crippen LogP contribution in [0.4, 0.5) is 0 Å². The number of fused-ring (bicyclic) bond motifs is 2. The molecule has 1 aromatic rings. The number of aromatic nitrogens is 1. The molecule has 0 spiro atoms. The standard InChI is InChI=1S/C12H18N2OS/c1-14-9-2-3-10(14)5-8(4-9)12-13-6-11(7-15)16-12/h6,8-10,15H,2-5,7H2,1H3. The highest BCUT2D eigenvalue weighted by molar-refractivity contribution is 7.11. The van der Waals surface area contributed by atoms with E-state index in [-0.39, 0.29) is 6.61 Å². The van der Waals surface area contributed by atoms with Crippen LogP contribution in [0.2, 0.25) is 0 Å². The third kappa shape index (κ3) is 1.69. The van der Waals surface area contributed by atoms with E-state index in [1.165, 1.54) is 30.7 Å². The van der Waals surface area contributed by atoms with Gasteiger partial charge in [-0.1, -0.05) is 0 Å². The van der Waals surface area contributed by atoms with Crippen LogP contribution in [0.3, 0.4) is 0 Å².